The van der Waals surface area contributed by atoms with E-state index >= 15 is 0 Å². The Morgan fingerprint density at radius 1 is 1.75 bits per heavy atom. The van der Waals surface area contributed by atoms with Crippen LogP contribution in [-0.4, -0.2) is 26.4 Å². The zero-order chi connectivity index (χ0) is 11.9. The number of imidazole rings is 1. The van der Waals surface area contributed by atoms with E-state index < -0.39 is 5.97 Å². The molecule has 1 aromatic rings. The molecule has 88 valence electrons. The van der Waals surface area contributed by atoms with Gasteiger partial charge in [-0.25, -0.2) is 4.98 Å². The topological polar surface area (TPSA) is 55.1 Å². The van der Waals surface area contributed by atoms with Crippen LogP contribution in [0.15, 0.2) is 11.4 Å². The van der Waals surface area contributed by atoms with Crippen molar-refractivity contribution >= 4 is 17.7 Å². The van der Waals surface area contributed by atoms with Crippen molar-refractivity contribution in [3.63, 3.8) is 0 Å². The van der Waals surface area contributed by atoms with Gasteiger partial charge in [0.1, 0.15) is 0 Å². The lowest BCUT2D eigenvalue weighted by molar-refractivity contribution is -0.133. The van der Waals surface area contributed by atoms with Crippen LogP contribution in [0.25, 0.3) is 0 Å². The molecular formula is C11H16N2O2S. The zero-order valence-corrected chi connectivity index (χ0v) is 10.5. The van der Waals surface area contributed by atoms with Gasteiger partial charge in [0.2, 0.25) is 0 Å². The zero-order valence-electron chi connectivity index (χ0n) is 9.73. The first-order valence-electron chi connectivity index (χ1n) is 5.30. The highest BCUT2D eigenvalue weighted by atomic mass is 32.2. The smallest absolute Gasteiger partial charge is 0.313 e. The predicted octanol–water partition coefficient (Wildman–Crippen LogP) is 2.34. The summed E-state index contributed by atoms with van der Waals surface area (Å²) in [5.41, 5.74) is 1.44. The lowest BCUT2D eigenvalue weighted by Crippen LogP contribution is -2.06. The Hall–Kier alpha value is -0.970. The average Bonchev–Trinajstić information content (AvgIpc) is 2.64. The van der Waals surface area contributed by atoms with Gasteiger partial charge in [0.05, 0.1) is 5.75 Å². The Morgan fingerprint density at radius 2 is 2.38 bits per heavy atom. The van der Waals surface area contributed by atoms with Crippen molar-refractivity contribution in [2.75, 3.05) is 5.75 Å². The molecule has 0 spiro atoms. The van der Waals surface area contributed by atoms with Crippen LogP contribution in [0, 0.1) is 12.3 Å². The minimum Gasteiger partial charge on any atom is -0.481 e. The molecular weight excluding hydrogens is 224 g/mol. The van der Waals surface area contributed by atoms with Gasteiger partial charge < -0.3 is 9.67 Å². The van der Waals surface area contributed by atoms with Crippen LogP contribution in [-0.2, 0) is 4.79 Å². The standard InChI is InChI=1S/C11H16N2O2S/c1-7-5-12-10(16-6-9(14)15)13(7)8-4-11(8,2)3/h5,8H,4,6H2,1-3H3,(H,14,15). The number of hydrogen-bond acceptors (Lipinski definition) is 3. The maximum Gasteiger partial charge on any atom is 0.313 e. The van der Waals surface area contributed by atoms with Crippen molar-refractivity contribution in [1.29, 1.82) is 0 Å². The molecule has 1 aliphatic carbocycles. The fourth-order valence-electron chi connectivity index (χ4n) is 1.92. The monoisotopic (exact) mass is 240 g/mol. The molecule has 1 atom stereocenters. The number of carboxylic acid groups (broad SMARTS) is 1. The maximum absolute atomic E-state index is 10.5. The molecule has 2 rings (SSSR count). The molecule has 4 nitrogen and oxygen atoms in total. The van der Waals surface area contributed by atoms with E-state index in [1.807, 2.05) is 13.1 Å². The Labute approximate surface area is 99.1 Å². The lowest BCUT2D eigenvalue weighted by Gasteiger charge is -2.10. The highest BCUT2D eigenvalue weighted by Crippen LogP contribution is 2.56. The van der Waals surface area contributed by atoms with Crippen molar-refractivity contribution in [2.24, 2.45) is 5.41 Å². The summed E-state index contributed by atoms with van der Waals surface area (Å²) >= 11 is 1.30. The van der Waals surface area contributed by atoms with Crippen LogP contribution in [0.2, 0.25) is 0 Å². The fourth-order valence-corrected chi connectivity index (χ4v) is 2.71. The van der Waals surface area contributed by atoms with E-state index in [1.165, 1.54) is 11.8 Å². The van der Waals surface area contributed by atoms with Crippen LogP contribution >= 0.6 is 11.8 Å². The van der Waals surface area contributed by atoms with E-state index in [0.717, 1.165) is 17.3 Å². The highest BCUT2D eigenvalue weighted by Gasteiger charge is 2.48. The summed E-state index contributed by atoms with van der Waals surface area (Å²) in [7, 11) is 0. The molecule has 0 radical (unpaired) electrons. The minimum absolute atomic E-state index is 0.0730. The number of rotatable bonds is 4. The maximum atomic E-state index is 10.5. The van der Waals surface area contributed by atoms with Crippen LogP contribution in [0.5, 0.6) is 0 Å². The van der Waals surface area contributed by atoms with Crippen molar-refractivity contribution in [3.8, 4) is 0 Å². The first kappa shape index (κ1) is 11.5. The molecule has 0 bridgehead atoms. The quantitative estimate of drug-likeness (QED) is 0.821. The van der Waals surface area contributed by atoms with Gasteiger partial charge in [-0.15, -0.1) is 0 Å². The van der Waals surface area contributed by atoms with Gasteiger partial charge in [0, 0.05) is 17.9 Å². The number of aryl methyl sites for hydroxylation is 1. The summed E-state index contributed by atoms with van der Waals surface area (Å²) in [6.07, 6.45) is 2.96. The van der Waals surface area contributed by atoms with E-state index in [-0.39, 0.29) is 5.75 Å². The summed E-state index contributed by atoms with van der Waals surface area (Å²) in [6, 6.07) is 0.478. The van der Waals surface area contributed by atoms with Crippen molar-refractivity contribution in [1.82, 2.24) is 9.55 Å². The van der Waals surface area contributed by atoms with E-state index in [1.54, 1.807) is 0 Å². The molecule has 1 aliphatic rings. The molecule has 5 heteroatoms. The van der Waals surface area contributed by atoms with Gasteiger partial charge in [-0.1, -0.05) is 25.6 Å². The minimum atomic E-state index is -0.799. The van der Waals surface area contributed by atoms with Gasteiger partial charge in [-0.3, -0.25) is 4.79 Å². The molecule has 0 saturated heterocycles. The third kappa shape index (κ3) is 2.09. The summed E-state index contributed by atoms with van der Waals surface area (Å²) in [4.78, 5) is 14.8. The van der Waals surface area contributed by atoms with Crippen molar-refractivity contribution in [3.05, 3.63) is 11.9 Å². The summed E-state index contributed by atoms with van der Waals surface area (Å²) < 4.78 is 2.17. The molecule has 16 heavy (non-hydrogen) atoms. The van der Waals surface area contributed by atoms with Crippen molar-refractivity contribution in [2.45, 2.75) is 38.4 Å². The molecule has 0 amide bonds. The molecule has 1 unspecified atom stereocenters. The van der Waals surface area contributed by atoms with E-state index in [0.29, 0.717) is 11.5 Å². The third-order valence-corrected chi connectivity index (χ3v) is 4.00. The first-order chi connectivity index (χ1) is 7.42. The summed E-state index contributed by atoms with van der Waals surface area (Å²) in [5.74, 6) is -0.726. The number of nitrogens with zero attached hydrogens (tertiary/aromatic N) is 2. The molecule has 1 N–H and O–H groups in total. The number of aliphatic carboxylic acids is 1. The van der Waals surface area contributed by atoms with Gasteiger partial charge in [0.25, 0.3) is 0 Å². The molecule has 1 fully saturated rings. The summed E-state index contributed by atoms with van der Waals surface area (Å²) in [6.45, 7) is 6.47. The molecule has 1 saturated carbocycles. The average molecular weight is 240 g/mol. The van der Waals surface area contributed by atoms with E-state index in [4.69, 9.17) is 5.11 Å². The number of hydrogen-bond donors (Lipinski definition) is 1. The Kier molecular flexibility index (Phi) is 2.74. The Morgan fingerprint density at radius 3 is 2.88 bits per heavy atom. The van der Waals surface area contributed by atoms with Crippen LogP contribution in [0.3, 0.4) is 0 Å². The van der Waals surface area contributed by atoms with Crippen LogP contribution in [0.1, 0.15) is 32.0 Å². The SMILES string of the molecule is Cc1cnc(SCC(=O)O)n1C1CC1(C)C. The second-order valence-electron chi connectivity index (χ2n) is 4.94. The first-order valence-corrected chi connectivity index (χ1v) is 6.29. The lowest BCUT2D eigenvalue weighted by atomic mass is 10.2. The Bertz CT molecular complexity index is 426. The number of aromatic nitrogens is 2. The van der Waals surface area contributed by atoms with Gasteiger partial charge in [-0.2, -0.15) is 0 Å². The van der Waals surface area contributed by atoms with E-state index in [2.05, 4.69) is 23.4 Å². The fraction of sp³-hybridized carbons (Fsp3) is 0.636. The molecule has 0 aliphatic heterocycles. The Balaban J connectivity index is 2.17. The van der Waals surface area contributed by atoms with Crippen LogP contribution < -0.4 is 0 Å². The number of carbonyl (C=O) groups is 1. The molecule has 1 heterocycles. The number of carboxylic acids is 1. The van der Waals surface area contributed by atoms with E-state index in [9.17, 15) is 4.79 Å². The van der Waals surface area contributed by atoms with Gasteiger partial charge in [0.15, 0.2) is 5.16 Å². The third-order valence-electron chi connectivity index (χ3n) is 3.05. The molecule has 1 aromatic heterocycles. The molecule has 0 aromatic carbocycles. The van der Waals surface area contributed by atoms with Gasteiger partial charge in [-0.05, 0) is 18.8 Å². The normalized spacial score (nSPS) is 22.1. The predicted molar refractivity (Wildman–Crippen MR) is 62.8 cm³/mol. The summed E-state index contributed by atoms with van der Waals surface area (Å²) in [5, 5.41) is 9.50. The second kappa shape index (κ2) is 3.80. The van der Waals surface area contributed by atoms with Crippen LogP contribution in [0.4, 0.5) is 0 Å². The van der Waals surface area contributed by atoms with Crippen molar-refractivity contribution < 1.29 is 9.90 Å². The highest BCUT2D eigenvalue weighted by molar-refractivity contribution is 7.99. The van der Waals surface area contributed by atoms with Gasteiger partial charge >= 0.3 is 5.97 Å². The largest absolute Gasteiger partial charge is 0.481 e. The second-order valence-corrected chi connectivity index (χ2v) is 5.89. The number of thioether (sulfide) groups is 1.